The number of carbonyl (C=O) groups excluding carboxylic acids is 3. The van der Waals surface area contributed by atoms with Crippen LogP contribution >= 0.6 is 0 Å². The van der Waals surface area contributed by atoms with Crippen molar-refractivity contribution in [2.45, 2.75) is 13.3 Å². The zero-order chi connectivity index (χ0) is 14.0. The fraction of sp³-hybridized carbons (Fsp3) is 0.308. The van der Waals surface area contributed by atoms with Crippen molar-refractivity contribution in [3.8, 4) is 5.75 Å². The molecule has 1 aliphatic rings. The minimum absolute atomic E-state index is 0.296. The highest BCUT2D eigenvalue weighted by molar-refractivity contribution is 6.26. The third-order valence-corrected chi connectivity index (χ3v) is 2.81. The minimum Gasteiger partial charge on any atom is -0.494 e. The molecular weight excluding hydrogens is 248 g/mol. The fourth-order valence-corrected chi connectivity index (χ4v) is 1.80. The van der Waals surface area contributed by atoms with E-state index in [2.05, 4.69) is 0 Å². The van der Waals surface area contributed by atoms with Crippen LogP contribution in [0, 0.1) is 0 Å². The van der Waals surface area contributed by atoms with E-state index in [0.29, 0.717) is 18.0 Å². The van der Waals surface area contributed by atoms with E-state index < -0.39 is 17.8 Å². The Morgan fingerprint density at radius 1 is 1.11 bits per heavy atom. The number of anilines is 1. The summed E-state index contributed by atoms with van der Waals surface area (Å²) >= 11 is 0. The Bertz CT molecular complexity index is 524. The van der Waals surface area contributed by atoms with Gasteiger partial charge < -0.3 is 4.74 Å². The van der Waals surface area contributed by atoms with Crippen LogP contribution in [-0.2, 0) is 9.59 Å². The lowest BCUT2D eigenvalue weighted by molar-refractivity contribution is -0.133. The third kappa shape index (κ3) is 2.42. The summed E-state index contributed by atoms with van der Waals surface area (Å²) in [4.78, 5) is 37.0. The van der Waals surface area contributed by atoms with Gasteiger partial charge in [-0.15, -0.1) is 0 Å². The number of benzene rings is 1. The molecule has 0 saturated carbocycles. The van der Waals surface area contributed by atoms with Crippen molar-refractivity contribution in [3.63, 3.8) is 0 Å². The highest BCUT2D eigenvalue weighted by Gasteiger charge is 2.36. The van der Waals surface area contributed by atoms with Gasteiger partial charge in [-0.1, -0.05) is 0 Å². The lowest BCUT2D eigenvalue weighted by Gasteiger charge is -2.30. The lowest BCUT2D eigenvalue weighted by atomic mass is 10.2. The molecule has 0 bridgehead atoms. The Morgan fingerprint density at radius 2 is 1.74 bits per heavy atom. The first-order valence-electron chi connectivity index (χ1n) is 5.91. The number of rotatable bonds is 3. The maximum Gasteiger partial charge on any atom is 0.337 e. The maximum atomic E-state index is 11.9. The first kappa shape index (κ1) is 13.1. The molecule has 0 aliphatic carbocycles. The van der Waals surface area contributed by atoms with Gasteiger partial charge in [0.1, 0.15) is 12.2 Å². The van der Waals surface area contributed by atoms with Gasteiger partial charge in [0.05, 0.1) is 12.3 Å². The summed E-state index contributed by atoms with van der Waals surface area (Å²) in [6.07, 6.45) is -0.296. The molecule has 19 heavy (non-hydrogen) atoms. The van der Waals surface area contributed by atoms with Crippen LogP contribution in [-0.4, -0.2) is 36.4 Å². The Balaban J connectivity index is 2.27. The topological polar surface area (TPSA) is 66.9 Å². The summed E-state index contributed by atoms with van der Waals surface area (Å²) in [6.45, 7) is 2.41. The monoisotopic (exact) mass is 262 g/mol. The number of hydrogen-bond acceptors (Lipinski definition) is 4. The Hall–Kier alpha value is -2.37. The van der Waals surface area contributed by atoms with Crippen LogP contribution in [0.1, 0.15) is 13.3 Å². The molecule has 1 aromatic carbocycles. The SMILES string of the molecule is CCOc1ccc(N2C(=O)CC(=O)N(C)C2=O)cc1. The van der Waals surface area contributed by atoms with E-state index in [-0.39, 0.29) is 6.42 Å². The predicted molar refractivity (Wildman–Crippen MR) is 67.9 cm³/mol. The summed E-state index contributed by atoms with van der Waals surface area (Å²) in [6, 6.07) is 5.95. The molecule has 0 N–H and O–H groups in total. The van der Waals surface area contributed by atoms with E-state index in [0.717, 1.165) is 9.80 Å². The molecule has 0 unspecified atom stereocenters. The quantitative estimate of drug-likeness (QED) is 0.772. The van der Waals surface area contributed by atoms with E-state index >= 15 is 0 Å². The molecule has 100 valence electrons. The van der Waals surface area contributed by atoms with E-state index in [1.807, 2.05) is 6.92 Å². The number of carbonyl (C=O) groups is 3. The summed E-state index contributed by atoms with van der Waals surface area (Å²) in [5.41, 5.74) is 0.429. The smallest absolute Gasteiger partial charge is 0.337 e. The average molecular weight is 262 g/mol. The molecule has 0 radical (unpaired) electrons. The molecule has 6 nitrogen and oxygen atoms in total. The Morgan fingerprint density at radius 3 is 2.32 bits per heavy atom. The van der Waals surface area contributed by atoms with Gasteiger partial charge in [-0.25, -0.2) is 9.69 Å². The average Bonchev–Trinajstić information content (AvgIpc) is 2.38. The van der Waals surface area contributed by atoms with Crippen molar-refractivity contribution in [2.75, 3.05) is 18.6 Å². The van der Waals surface area contributed by atoms with Gasteiger partial charge in [0.2, 0.25) is 11.8 Å². The van der Waals surface area contributed by atoms with Gasteiger partial charge in [-0.2, -0.15) is 0 Å². The van der Waals surface area contributed by atoms with E-state index in [9.17, 15) is 14.4 Å². The molecule has 1 aliphatic heterocycles. The molecule has 0 spiro atoms. The highest BCUT2D eigenvalue weighted by Crippen LogP contribution is 2.23. The number of amides is 4. The van der Waals surface area contributed by atoms with Crippen LogP contribution in [0.5, 0.6) is 5.75 Å². The molecule has 1 heterocycles. The van der Waals surface area contributed by atoms with Gasteiger partial charge in [0.15, 0.2) is 0 Å². The Labute approximate surface area is 110 Å². The molecule has 0 aromatic heterocycles. The summed E-state index contributed by atoms with van der Waals surface area (Å²) in [5.74, 6) is -0.345. The van der Waals surface area contributed by atoms with E-state index in [1.165, 1.54) is 7.05 Å². The van der Waals surface area contributed by atoms with Gasteiger partial charge in [0, 0.05) is 7.05 Å². The normalized spacial score (nSPS) is 16.0. The number of urea groups is 1. The third-order valence-electron chi connectivity index (χ3n) is 2.81. The molecule has 1 saturated heterocycles. The molecule has 4 amide bonds. The van der Waals surface area contributed by atoms with E-state index in [1.54, 1.807) is 24.3 Å². The number of hydrogen-bond donors (Lipinski definition) is 0. The van der Waals surface area contributed by atoms with Crippen LogP contribution in [0.15, 0.2) is 24.3 Å². The van der Waals surface area contributed by atoms with Crippen LogP contribution in [0.25, 0.3) is 0 Å². The van der Waals surface area contributed by atoms with Crippen molar-refractivity contribution >= 4 is 23.5 Å². The zero-order valence-electron chi connectivity index (χ0n) is 10.8. The predicted octanol–water partition coefficient (Wildman–Crippen LogP) is 1.40. The number of ether oxygens (including phenoxy) is 1. The molecule has 0 atom stereocenters. The van der Waals surface area contributed by atoms with E-state index in [4.69, 9.17) is 4.74 Å². The zero-order valence-corrected chi connectivity index (χ0v) is 10.8. The molecule has 1 fully saturated rings. The summed E-state index contributed by atoms with van der Waals surface area (Å²) < 4.78 is 5.29. The van der Waals surface area contributed by atoms with Crippen molar-refractivity contribution in [2.24, 2.45) is 0 Å². The Kier molecular flexibility index (Phi) is 3.50. The van der Waals surface area contributed by atoms with Gasteiger partial charge in [0.25, 0.3) is 0 Å². The number of nitrogens with zero attached hydrogens (tertiary/aromatic N) is 2. The van der Waals surface area contributed by atoms with Crippen LogP contribution in [0.3, 0.4) is 0 Å². The van der Waals surface area contributed by atoms with Crippen molar-refractivity contribution in [3.05, 3.63) is 24.3 Å². The summed E-state index contributed by atoms with van der Waals surface area (Å²) in [5, 5.41) is 0. The maximum absolute atomic E-state index is 11.9. The second-order valence-electron chi connectivity index (χ2n) is 4.07. The number of barbiturate groups is 1. The molecule has 6 heteroatoms. The molecule has 2 rings (SSSR count). The second kappa shape index (κ2) is 5.09. The largest absolute Gasteiger partial charge is 0.494 e. The van der Waals surface area contributed by atoms with Gasteiger partial charge in [-0.3, -0.25) is 14.5 Å². The van der Waals surface area contributed by atoms with Crippen LogP contribution in [0.2, 0.25) is 0 Å². The fourth-order valence-electron chi connectivity index (χ4n) is 1.80. The standard InChI is InChI=1S/C13H14N2O4/c1-3-19-10-6-4-9(5-7-10)15-12(17)8-11(16)14(2)13(15)18/h4-7H,3,8H2,1-2H3. The first-order valence-corrected chi connectivity index (χ1v) is 5.91. The van der Waals surface area contributed by atoms with Crippen LogP contribution in [0.4, 0.5) is 10.5 Å². The highest BCUT2D eigenvalue weighted by atomic mass is 16.5. The molecule has 1 aromatic rings. The van der Waals surface area contributed by atoms with Crippen molar-refractivity contribution in [1.29, 1.82) is 0 Å². The van der Waals surface area contributed by atoms with Crippen molar-refractivity contribution in [1.82, 2.24) is 4.90 Å². The van der Waals surface area contributed by atoms with Gasteiger partial charge in [-0.05, 0) is 31.2 Å². The minimum atomic E-state index is -0.634. The first-order chi connectivity index (χ1) is 9.04. The second-order valence-corrected chi connectivity index (χ2v) is 4.07. The number of imide groups is 2. The summed E-state index contributed by atoms with van der Waals surface area (Å²) in [7, 11) is 1.36. The molecular formula is C13H14N2O4. The van der Waals surface area contributed by atoms with Crippen molar-refractivity contribution < 1.29 is 19.1 Å². The lowest BCUT2D eigenvalue weighted by Crippen LogP contribution is -2.53. The van der Waals surface area contributed by atoms with Gasteiger partial charge >= 0.3 is 6.03 Å². The van der Waals surface area contributed by atoms with Crippen LogP contribution < -0.4 is 9.64 Å².